The van der Waals surface area contributed by atoms with Crippen molar-refractivity contribution in [3.05, 3.63) is 0 Å². The topological polar surface area (TPSA) is 163 Å². The van der Waals surface area contributed by atoms with Gasteiger partial charge < -0.3 is 30.9 Å². The molecule has 43 heavy (non-hydrogen) atoms. The third-order valence-electron chi connectivity index (χ3n) is 8.76. The molecule has 6 atom stereocenters. The number of methoxy groups -OCH3 is 1. The second kappa shape index (κ2) is 13.6. The number of nitrogens with zero attached hydrogens (tertiary/aromatic N) is 1. The Morgan fingerprint density at radius 1 is 0.860 bits per heavy atom. The Hall–Kier alpha value is -3.18. The molecule has 0 aromatic heterocycles. The SMILES string of the molecule is CCC[C@H](NC(=O)[C@@H]1[C@H]2CCC[C@H]2CN1C(=O)[C@@H](NC(=O)[C@@H](NC(=O)OC)C(C)(C)C)C(C)(C)C)C(=O)C(=O)NC1CC1. The molecule has 0 aromatic rings. The highest BCUT2D eigenvalue weighted by Crippen LogP contribution is 2.43. The van der Waals surface area contributed by atoms with Crippen molar-refractivity contribution in [2.24, 2.45) is 22.7 Å². The van der Waals surface area contributed by atoms with Gasteiger partial charge in [0.15, 0.2) is 0 Å². The van der Waals surface area contributed by atoms with E-state index in [0.717, 1.165) is 32.1 Å². The standard InChI is InChI=1S/C31H51N5O7/c1-9-11-20(22(37)26(39)32-18-14-15-18)33-25(38)21-19-13-10-12-17(19)16-36(21)28(41)24(31(5,6)7)34-27(40)23(30(2,3)4)35-29(42)43-8/h17-21,23-24H,9-16H2,1-8H3,(H,32,39)(H,33,38)(H,34,40)(H,35,42)/t17-,19-,20-,21-,23+,24+/m0/s1. The highest BCUT2D eigenvalue weighted by atomic mass is 16.5. The van der Waals surface area contributed by atoms with Gasteiger partial charge in [-0.1, -0.05) is 61.3 Å². The molecular formula is C31H51N5O7. The number of ether oxygens (including phenoxy) is 1. The molecule has 3 fully saturated rings. The van der Waals surface area contributed by atoms with Crippen LogP contribution in [0.3, 0.4) is 0 Å². The average Bonchev–Trinajstić information content (AvgIpc) is 3.48. The Labute approximate surface area is 255 Å². The van der Waals surface area contributed by atoms with E-state index in [1.807, 2.05) is 27.7 Å². The molecular weight excluding hydrogens is 554 g/mol. The number of hydrogen-bond acceptors (Lipinski definition) is 7. The zero-order valence-corrected chi connectivity index (χ0v) is 27.0. The Kier molecular flexibility index (Phi) is 10.9. The van der Waals surface area contributed by atoms with Gasteiger partial charge in [-0.3, -0.25) is 24.0 Å². The zero-order valence-electron chi connectivity index (χ0n) is 27.0. The van der Waals surface area contributed by atoms with Gasteiger partial charge in [0.1, 0.15) is 18.1 Å². The number of ketones is 1. The highest BCUT2D eigenvalue weighted by Gasteiger charge is 2.52. The number of carbonyl (C=O) groups excluding carboxylic acids is 6. The first-order chi connectivity index (χ1) is 20.0. The molecule has 1 saturated heterocycles. The number of amides is 5. The van der Waals surface area contributed by atoms with Crippen LogP contribution in [0.15, 0.2) is 0 Å². The summed E-state index contributed by atoms with van der Waals surface area (Å²) in [5.74, 6) is -2.71. The Balaban J connectivity index is 1.85. The van der Waals surface area contributed by atoms with Crippen LogP contribution in [-0.4, -0.2) is 84.3 Å². The molecule has 242 valence electrons. The molecule has 0 radical (unpaired) electrons. The van der Waals surface area contributed by atoms with Crippen molar-refractivity contribution in [2.45, 2.75) is 124 Å². The fraction of sp³-hybridized carbons (Fsp3) is 0.806. The summed E-state index contributed by atoms with van der Waals surface area (Å²) >= 11 is 0. The molecule has 5 amide bonds. The van der Waals surface area contributed by atoms with Crippen molar-refractivity contribution in [1.82, 2.24) is 26.2 Å². The minimum absolute atomic E-state index is 0.0156. The van der Waals surface area contributed by atoms with Crippen molar-refractivity contribution in [1.29, 1.82) is 0 Å². The summed E-state index contributed by atoms with van der Waals surface area (Å²) < 4.78 is 4.71. The predicted molar refractivity (Wildman–Crippen MR) is 160 cm³/mol. The van der Waals surface area contributed by atoms with Crippen molar-refractivity contribution in [3.8, 4) is 0 Å². The molecule has 12 nitrogen and oxygen atoms in total. The van der Waals surface area contributed by atoms with Crippen LogP contribution in [0.25, 0.3) is 0 Å². The molecule has 12 heteroatoms. The van der Waals surface area contributed by atoms with Gasteiger partial charge >= 0.3 is 6.09 Å². The van der Waals surface area contributed by atoms with Crippen LogP contribution in [-0.2, 0) is 28.7 Å². The number of Topliss-reactive ketones (excluding diaryl/α,β-unsaturated/α-hetero) is 1. The lowest BCUT2D eigenvalue weighted by Crippen LogP contribution is -2.63. The normalized spacial score (nSPS) is 23.8. The van der Waals surface area contributed by atoms with Gasteiger partial charge in [-0.15, -0.1) is 0 Å². The van der Waals surface area contributed by atoms with Crippen LogP contribution in [0.4, 0.5) is 4.79 Å². The van der Waals surface area contributed by atoms with Crippen LogP contribution in [0.1, 0.15) is 93.4 Å². The quantitative estimate of drug-likeness (QED) is 0.262. The lowest BCUT2D eigenvalue weighted by Gasteiger charge is -2.38. The van der Waals surface area contributed by atoms with Crippen molar-refractivity contribution in [2.75, 3.05) is 13.7 Å². The fourth-order valence-corrected chi connectivity index (χ4v) is 6.22. The maximum Gasteiger partial charge on any atom is 0.407 e. The third-order valence-corrected chi connectivity index (χ3v) is 8.76. The monoisotopic (exact) mass is 605 g/mol. The number of carbonyl (C=O) groups is 6. The Morgan fingerprint density at radius 2 is 1.49 bits per heavy atom. The number of nitrogens with one attached hydrogen (secondary N) is 4. The largest absolute Gasteiger partial charge is 0.453 e. The molecule has 1 heterocycles. The van der Waals surface area contributed by atoms with Gasteiger partial charge in [0.05, 0.1) is 13.2 Å². The number of rotatable bonds is 11. The zero-order chi connectivity index (χ0) is 32.3. The van der Waals surface area contributed by atoms with Crippen LogP contribution in [0.5, 0.6) is 0 Å². The van der Waals surface area contributed by atoms with Gasteiger partial charge in [0.25, 0.3) is 5.91 Å². The van der Waals surface area contributed by atoms with E-state index >= 15 is 0 Å². The van der Waals surface area contributed by atoms with Gasteiger partial charge in [0, 0.05) is 12.6 Å². The summed E-state index contributed by atoms with van der Waals surface area (Å²) in [6, 6.07) is -3.79. The molecule has 0 unspecified atom stereocenters. The summed E-state index contributed by atoms with van der Waals surface area (Å²) in [4.78, 5) is 80.9. The summed E-state index contributed by atoms with van der Waals surface area (Å²) in [5.41, 5.74) is -1.43. The molecule has 2 aliphatic carbocycles. The first-order valence-electron chi connectivity index (χ1n) is 15.6. The molecule has 0 aromatic carbocycles. The highest BCUT2D eigenvalue weighted by molar-refractivity contribution is 6.38. The van der Waals surface area contributed by atoms with Crippen molar-refractivity contribution in [3.63, 3.8) is 0 Å². The maximum atomic E-state index is 14.3. The van der Waals surface area contributed by atoms with E-state index in [1.54, 1.807) is 25.7 Å². The average molecular weight is 606 g/mol. The van der Waals surface area contributed by atoms with Crippen LogP contribution >= 0.6 is 0 Å². The molecule has 1 aliphatic heterocycles. The van der Waals surface area contributed by atoms with Gasteiger partial charge in [-0.2, -0.15) is 0 Å². The lowest BCUT2D eigenvalue weighted by atomic mass is 9.83. The lowest BCUT2D eigenvalue weighted by molar-refractivity contribution is -0.146. The third kappa shape index (κ3) is 8.47. The van der Waals surface area contributed by atoms with Gasteiger partial charge in [-0.05, 0) is 54.8 Å². The minimum atomic E-state index is -1.00. The predicted octanol–water partition coefficient (Wildman–Crippen LogP) is 2.05. The van der Waals surface area contributed by atoms with E-state index in [2.05, 4.69) is 21.3 Å². The first-order valence-corrected chi connectivity index (χ1v) is 15.6. The number of alkyl carbamates (subject to hydrolysis) is 1. The molecule has 0 spiro atoms. The molecule has 3 aliphatic rings. The van der Waals surface area contributed by atoms with Gasteiger partial charge in [0.2, 0.25) is 23.5 Å². The van der Waals surface area contributed by atoms with E-state index < -0.39 is 70.5 Å². The molecule has 0 bridgehead atoms. The molecule has 4 N–H and O–H groups in total. The van der Waals surface area contributed by atoms with E-state index in [1.165, 1.54) is 7.11 Å². The number of likely N-dealkylation sites (tertiary alicyclic amines) is 1. The summed E-state index contributed by atoms with van der Waals surface area (Å²) in [6.45, 7) is 13.1. The number of fused-ring (bicyclic) bond motifs is 1. The van der Waals surface area contributed by atoms with E-state index in [-0.39, 0.29) is 17.9 Å². The second-order valence-corrected chi connectivity index (χ2v) is 14.5. The minimum Gasteiger partial charge on any atom is -0.453 e. The van der Waals surface area contributed by atoms with Crippen molar-refractivity contribution < 1.29 is 33.5 Å². The van der Waals surface area contributed by atoms with E-state index in [4.69, 9.17) is 4.74 Å². The summed E-state index contributed by atoms with van der Waals surface area (Å²) in [7, 11) is 1.21. The van der Waals surface area contributed by atoms with E-state index in [0.29, 0.717) is 19.4 Å². The summed E-state index contributed by atoms with van der Waals surface area (Å²) in [6.07, 6.45) is 4.39. The van der Waals surface area contributed by atoms with Crippen LogP contribution in [0.2, 0.25) is 0 Å². The number of hydrogen-bond donors (Lipinski definition) is 4. The maximum absolute atomic E-state index is 14.3. The Bertz CT molecular complexity index is 1090. The fourth-order valence-electron chi connectivity index (χ4n) is 6.22. The summed E-state index contributed by atoms with van der Waals surface area (Å²) in [5, 5.41) is 11.0. The molecule has 2 saturated carbocycles. The van der Waals surface area contributed by atoms with E-state index in [9.17, 15) is 28.8 Å². The van der Waals surface area contributed by atoms with Gasteiger partial charge in [-0.25, -0.2) is 4.79 Å². The first kappa shape index (κ1) is 34.3. The van der Waals surface area contributed by atoms with Crippen LogP contribution in [0, 0.1) is 22.7 Å². The smallest absolute Gasteiger partial charge is 0.407 e. The van der Waals surface area contributed by atoms with Crippen LogP contribution < -0.4 is 21.3 Å². The van der Waals surface area contributed by atoms with Crippen molar-refractivity contribution >= 4 is 35.5 Å². The Morgan fingerprint density at radius 3 is 2.02 bits per heavy atom. The second-order valence-electron chi connectivity index (χ2n) is 14.5. The molecule has 3 rings (SSSR count).